The van der Waals surface area contributed by atoms with E-state index in [0.29, 0.717) is 24.1 Å². The van der Waals surface area contributed by atoms with Crippen molar-refractivity contribution in [3.8, 4) is 0 Å². The van der Waals surface area contributed by atoms with Gasteiger partial charge >= 0.3 is 0 Å². The van der Waals surface area contributed by atoms with Crippen LogP contribution >= 0.6 is 11.6 Å². The lowest BCUT2D eigenvalue weighted by atomic mass is 9.97. The van der Waals surface area contributed by atoms with Crippen LogP contribution in [0.3, 0.4) is 0 Å². The number of nitrogens with one attached hydrogen (secondary N) is 1. The molecule has 0 bridgehead atoms. The van der Waals surface area contributed by atoms with E-state index in [4.69, 9.17) is 11.6 Å². The number of piperazine rings is 1. The molecule has 0 aromatic heterocycles. The van der Waals surface area contributed by atoms with E-state index >= 15 is 0 Å². The monoisotopic (exact) mass is 284 g/mol. The molecule has 1 saturated heterocycles. The van der Waals surface area contributed by atoms with E-state index in [1.807, 2.05) is 12.1 Å². The Bertz CT molecular complexity index is 425. The molecule has 1 N–H and O–H groups in total. The van der Waals surface area contributed by atoms with Gasteiger partial charge in [0.15, 0.2) is 0 Å². The molecule has 0 aliphatic carbocycles. The van der Waals surface area contributed by atoms with Gasteiger partial charge in [0, 0.05) is 37.8 Å². The van der Waals surface area contributed by atoms with Crippen molar-refractivity contribution < 1.29 is 4.39 Å². The van der Waals surface area contributed by atoms with Crippen molar-refractivity contribution in [3.63, 3.8) is 0 Å². The van der Waals surface area contributed by atoms with Crippen molar-refractivity contribution in [2.45, 2.75) is 32.9 Å². The minimum atomic E-state index is -0.275. The van der Waals surface area contributed by atoms with E-state index in [1.165, 1.54) is 0 Å². The summed E-state index contributed by atoms with van der Waals surface area (Å²) in [6.45, 7) is 8.01. The first-order valence-electron chi connectivity index (χ1n) is 7.00. The Hall–Kier alpha value is -0.640. The molecule has 1 heterocycles. The highest BCUT2D eigenvalue weighted by Gasteiger charge is 2.23. The van der Waals surface area contributed by atoms with Crippen LogP contribution in [-0.2, 0) is 6.54 Å². The van der Waals surface area contributed by atoms with Crippen LogP contribution < -0.4 is 5.32 Å². The quantitative estimate of drug-likeness (QED) is 0.913. The third kappa shape index (κ3) is 3.68. The predicted octanol–water partition coefficient (Wildman–Crippen LogP) is 3.30. The molecular formula is C15H22ClFN2. The van der Waals surface area contributed by atoms with Crippen molar-refractivity contribution in [1.29, 1.82) is 0 Å². The Labute approximate surface area is 119 Å². The highest BCUT2D eigenvalue weighted by atomic mass is 35.5. The van der Waals surface area contributed by atoms with Gasteiger partial charge in [-0.15, -0.1) is 0 Å². The summed E-state index contributed by atoms with van der Waals surface area (Å²) < 4.78 is 13.9. The zero-order valence-electron chi connectivity index (χ0n) is 11.6. The van der Waals surface area contributed by atoms with Gasteiger partial charge in [-0.2, -0.15) is 0 Å². The molecule has 1 fully saturated rings. The lowest BCUT2D eigenvalue weighted by Crippen LogP contribution is -2.52. The van der Waals surface area contributed by atoms with Gasteiger partial charge in [0.05, 0.1) is 5.02 Å². The summed E-state index contributed by atoms with van der Waals surface area (Å²) >= 11 is 5.83. The van der Waals surface area contributed by atoms with Crippen LogP contribution in [0.5, 0.6) is 0 Å². The molecule has 1 aromatic carbocycles. The van der Waals surface area contributed by atoms with Gasteiger partial charge in [-0.1, -0.05) is 44.0 Å². The zero-order chi connectivity index (χ0) is 13.8. The van der Waals surface area contributed by atoms with Crippen LogP contribution in [-0.4, -0.2) is 30.6 Å². The molecule has 2 unspecified atom stereocenters. The Morgan fingerprint density at radius 2 is 2.32 bits per heavy atom. The molecule has 1 aliphatic heterocycles. The first-order valence-corrected chi connectivity index (χ1v) is 7.38. The minimum Gasteiger partial charge on any atom is -0.311 e. The number of rotatable bonds is 4. The molecule has 1 aliphatic rings. The molecular weight excluding hydrogens is 263 g/mol. The van der Waals surface area contributed by atoms with Crippen molar-refractivity contribution in [3.05, 3.63) is 34.6 Å². The van der Waals surface area contributed by atoms with Gasteiger partial charge in [-0.25, -0.2) is 4.39 Å². The fourth-order valence-corrected chi connectivity index (χ4v) is 2.76. The van der Waals surface area contributed by atoms with Crippen LogP contribution in [0.4, 0.5) is 4.39 Å². The molecule has 0 saturated carbocycles. The van der Waals surface area contributed by atoms with E-state index in [-0.39, 0.29) is 10.8 Å². The van der Waals surface area contributed by atoms with E-state index < -0.39 is 0 Å². The number of halogens is 2. The van der Waals surface area contributed by atoms with Crippen molar-refractivity contribution >= 4 is 11.6 Å². The second kappa shape index (κ2) is 6.69. The number of hydrogen-bond donors (Lipinski definition) is 1. The maximum absolute atomic E-state index is 13.9. The Kier molecular flexibility index (Phi) is 5.20. The average Bonchev–Trinajstić information content (AvgIpc) is 2.43. The summed E-state index contributed by atoms with van der Waals surface area (Å²) in [5.41, 5.74) is 0.692. The van der Waals surface area contributed by atoms with Gasteiger partial charge in [0.2, 0.25) is 0 Å². The Morgan fingerprint density at radius 3 is 3.05 bits per heavy atom. The van der Waals surface area contributed by atoms with Gasteiger partial charge in [-0.05, 0) is 12.0 Å². The molecule has 4 heteroatoms. The van der Waals surface area contributed by atoms with Gasteiger partial charge < -0.3 is 5.32 Å². The van der Waals surface area contributed by atoms with Crippen LogP contribution in [0, 0.1) is 11.7 Å². The molecule has 2 atom stereocenters. The SMILES string of the molecule is CCC(C)C1CN(Cc2cccc(Cl)c2F)CCN1. The second-order valence-electron chi connectivity index (χ2n) is 5.39. The maximum Gasteiger partial charge on any atom is 0.146 e. The number of benzene rings is 1. The Balaban J connectivity index is 2.01. The predicted molar refractivity (Wildman–Crippen MR) is 77.9 cm³/mol. The topological polar surface area (TPSA) is 15.3 Å². The van der Waals surface area contributed by atoms with Crippen LogP contribution in [0.25, 0.3) is 0 Å². The Morgan fingerprint density at radius 1 is 1.53 bits per heavy atom. The minimum absolute atomic E-state index is 0.214. The van der Waals surface area contributed by atoms with Crippen LogP contribution in [0.2, 0.25) is 5.02 Å². The first-order chi connectivity index (χ1) is 9.11. The third-order valence-electron chi connectivity index (χ3n) is 4.05. The summed E-state index contributed by atoms with van der Waals surface area (Å²) in [6.07, 6.45) is 1.16. The normalized spacial score (nSPS) is 22.4. The molecule has 2 rings (SSSR count). The summed E-state index contributed by atoms with van der Waals surface area (Å²) in [7, 11) is 0. The number of hydrogen-bond acceptors (Lipinski definition) is 2. The van der Waals surface area contributed by atoms with Crippen molar-refractivity contribution in [1.82, 2.24) is 10.2 Å². The van der Waals surface area contributed by atoms with Crippen LogP contribution in [0.15, 0.2) is 18.2 Å². The maximum atomic E-state index is 13.9. The summed E-state index contributed by atoms with van der Waals surface area (Å²) in [4.78, 5) is 2.31. The van der Waals surface area contributed by atoms with E-state index in [0.717, 1.165) is 26.1 Å². The lowest BCUT2D eigenvalue weighted by molar-refractivity contribution is 0.161. The standard InChI is InChI=1S/C15H22ClFN2/c1-3-11(2)14-10-19(8-7-18-14)9-12-5-4-6-13(16)15(12)17/h4-6,11,14,18H,3,7-10H2,1-2H3. The molecule has 0 radical (unpaired) electrons. The zero-order valence-corrected chi connectivity index (χ0v) is 12.4. The highest BCUT2D eigenvalue weighted by molar-refractivity contribution is 6.30. The van der Waals surface area contributed by atoms with Gasteiger partial charge in [0.25, 0.3) is 0 Å². The number of nitrogens with zero attached hydrogens (tertiary/aromatic N) is 1. The van der Waals surface area contributed by atoms with Crippen molar-refractivity contribution in [2.75, 3.05) is 19.6 Å². The second-order valence-corrected chi connectivity index (χ2v) is 5.80. The molecule has 106 valence electrons. The van der Waals surface area contributed by atoms with Crippen molar-refractivity contribution in [2.24, 2.45) is 5.92 Å². The van der Waals surface area contributed by atoms with E-state index in [1.54, 1.807) is 6.07 Å². The molecule has 2 nitrogen and oxygen atoms in total. The van der Waals surface area contributed by atoms with E-state index in [2.05, 4.69) is 24.1 Å². The smallest absolute Gasteiger partial charge is 0.146 e. The highest BCUT2D eigenvalue weighted by Crippen LogP contribution is 2.20. The third-order valence-corrected chi connectivity index (χ3v) is 4.34. The van der Waals surface area contributed by atoms with Crippen LogP contribution in [0.1, 0.15) is 25.8 Å². The largest absolute Gasteiger partial charge is 0.311 e. The molecule has 1 aromatic rings. The first kappa shape index (κ1) is 14.8. The fourth-order valence-electron chi connectivity index (χ4n) is 2.56. The summed E-state index contributed by atoms with van der Waals surface area (Å²) in [5.74, 6) is 0.370. The summed E-state index contributed by atoms with van der Waals surface area (Å²) in [5, 5.41) is 3.76. The van der Waals surface area contributed by atoms with Gasteiger partial charge in [-0.3, -0.25) is 4.90 Å². The van der Waals surface area contributed by atoms with Gasteiger partial charge in [0.1, 0.15) is 5.82 Å². The summed E-state index contributed by atoms with van der Waals surface area (Å²) in [6, 6.07) is 5.73. The fraction of sp³-hybridized carbons (Fsp3) is 0.600. The molecule has 19 heavy (non-hydrogen) atoms. The molecule has 0 spiro atoms. The average molecular weight is 285 g/mol. The molecule has 0 amide bonds. The lowest BCUT2D eigenvalue weighted by Gasteiger charge is -2.36. The van der Waals surface area contributed by atoms with E-state index in [9.17, 15) is 4.39 Å².